The molecule has 0 saturated heterocycles. The molecule has 0 fully saturated rings. The Balaban J connectivity index is 1.41. The summed E-state index contributed by atoms with van der Waals surface area (Å²) in [5.74, 6) is 0.290. The van der Waals surface area contributed by atoms with Crippen molar-refractivity contribution in [1.29, 1.82) is 0 Å². The number of ether oxygens (including phenoxy) is 1. The summed E-state index contributed by atoms with van der Waals surface area (Å²) in [6, 6.07) is 24.2. The van der Waals surface area contributed by atoms with E-state index in [1.807, 2.05) is 60.7 Å². The monoisotopic (exact) mass is 428 g/mol. The molecule has 1 aliphatic rings. The summed E-state index contributed by atoms with van der Waals surface area (Å²) in [6.45, 7) is 0. The number of hydrogen-bond acceptors (Lipinski definition) is 4. The Morgan fingerprint density at radius 3 is 2.55 bits per heavy atom. The van der Waals surface area contributed by atoms with E-state index in [9.17, 15) is 9.59 Å². The van der Waals surface area contributed by atoms with Crippen molar-refractivity contribution in [3.05, 3.63) is 107 Å². The molecule has 5 nitrogen and oxygen atoms in total. The van der Waals surface area contributed by atoms with Gasteiger partial charge in [-0.1, -0.05) is 60.3 Å². The predicted molar refractivity (Wildman–Crippen MR) is 125 cm³/mol. The highest BCUT2D eigenvalue weighted by atomic mass is 32.2. The number of carbonyl (C=O) groups is 2. The normalized spacial score (nSPS) is 14.4. The highest BCUT2D eigenvalue weighted by Crippen LogP contribution is 2.30. The van der Waals surface area contributed by atoms with E-state index in [-0.39, 0.29) is 11.8 Å². The zero-order valence-electron chi connectivity index (χ0n) is 16.9. The standard InChI is InChI=1S/C25H20N2O3S/c1-30-21-13-11-18(12-14-21)23(28)26-20-9-5-6-17(16-20)10-15-22-24(29)27-25(31-22)19-7-3-2-4-8-19/h2-9,11-16H,10H2,1H3,(H,26,28)/b22-15+. The average Bonchev–Trinajstić information content (AvgIpc) is 3.19. The van der Waals surface area contributed by atoms with E-state index in [4.69, 9.17) is 4.74 Å². The van der Waals surface area contributed by atoms with Gasteiger partial charge in [-0.2, -0.15) is 0 Å². The number of allylic oxidation sites excluding steroid dienone is 1. The highest BCUT2D eigenvalue weighted by Gasteiger charge is 2.22. The number of methoxy groups -OCH3 is 1. The second-order valence-electron chi connectivity index (χ2n) is 6.85. The van der Waals surface area contributed by atoms with Crippen LogP contribution in [0.4, 0.5) is 5.69 Å². The van der Waals surface area contributed by atoms with E-state index in [1.165, 1.54) is 11.8 Å². The van der Waals surface area contributed by atoms with E-state index in [0.717, 1.165) is 16.2 Å². The molecule has 0 saturated carbocycles. The fraction of sp³-hybridized carbons (Fsp3) is 0.0800. The lowest BCUT2D eigenvalue weighted by Gasteiger charge is -2.07. The molecule has 0 bridgehead atoms. The molecule has 0 radical (unpaired) electrons. The van der Waals surface area contributed by atoms with Crippen LogP contribution in [-0.2, 0) is 11.2 Å². The van der Waals surface area contributed by atoms with Crippen molar-refractivity contribution < 1.29 is 14.3 Å². The Hall–Kier alpha value is -3.64. The molecule has 6 heteroatoms. The summed E-state index contributed by atoms with van der Waals surface area (Å²) >= 11 is 1.39. The number of nitrogens with zero attached hydrogens (tertiary/aromatic N) is 1. The molecule has 0 aliphatic carbocycles. The van der Waals surface area contributed by atoms with Crippen LogP contribution in [0.1, 0.15) is 21.5 Å². The van der Waals surface area contributed by atoms with Crippen molar-refractivity contribution in [2.45, 2.75) is 6.42 Å². The number of aliphatic imine (C=N–C) groups is 1. The molecule has 0 aromatic heterocycles. The average molecular weight is 429 g/mol. The first-order chi connectivity index (χ1) is 15.1. The summed E-state index contributed by atoms with van der Waals surface area (Å²) in [5, 5.41) is 3.63. The van der Waals surface area contributed by atoms with Gasteiger partial charge in [-0.3, -0.25) is 9.59 Å². The predicted octanol–water partition coefficient (Wildman–Crippen LogP) is 5.09. The zero-order chi connectivity index (χ0) is 21.6. The summed E-state index contributed by atoms with van der Waals surface area (Å²) < 4.78 is 5.12. The summed E-state index contributed by atoms with van der Waals surface area (Å²) in [5.41, 5.74) is 3.17. The van der Waals surface area contributed by atoms with E-state index in [0.29, 0.717) is 28.3 Å². The maximum Gasteiger partial charge on any atom is 0.284 e. The topological polar surface area (TPSA) is 67.8 Å². The SMILES string of the molecule is COc1ccc(C(=O)Nc2cccc(C/C=C3/SC(c4ccccc4)=NC3=O)c2)cc1. The lowest BCUT2D eigenvalue weighted by molar-refractivity contribution is -0.113. The van der Waals surface area contributed by atoms with E-state index in [1.54, 1.807) is 31.4 Å². The molecule has 1 aliphatic heterocycles. The number of anilines is 1. The van der Waals surface area contributed by atoms with Crippen molar-refractivity contribution in [2.24, 2.45) is 4.99 Å². The number of rotatable bonds is 6. The number of hydrogen-bond donors (Lipinski definition) is 1. The number of amides is 2. The summed E-state index contributed by atoms with van der Waals surface area (Å²) in [7, 11) is 1.59. The minimum Gasteiger partial charge on any atom is -0.497 e. The molecule has 1 heterocycles. The van der Waals surface area contributed by atoms with Gasteiger partial charge in [0.25, 0.3) is 11.8 Å². The number of carbonyl (C=O) groups excluding carboxylic acids is 2. The van der Waals surface area contributed by atoms with Crippen LogP contribution in [0.5, 0.6) is 5.75 Å². The van der Waals surface area contributed by atoms with Gasteiger partial charge in [-0.15, -0.1) is 0 Å². The van der Waals surface area contributed by atoms with Crippen LogP contribution in [0, 0.1) is 0 Å². The molecule has 2 amide bonds. The molecule has 0 spiro atoms. The second kappa shape index (κ2) is 9.45. The first-order valence-electron chi connectivity index (χ1n) is 9.73. The van der Waals surface area contributed by atoms with Gasteiger partial charge in [0, 0.05) is 16.8 Å². The van der Waals surface area contributed by atoms with E-state index >= 15 is 0 Å². The van der Waals surface area contributed by atoms with Gasteiger partial charge in [0.1, 0.15) is 10.8 Å². The largest absolute Gasteiger partial charge is 0.497 e. The molecule has 154 valence electrons. The number of benzene rings is 3. The van der Waals surface area contributed by atoms with Crippen molar-refractivity contribution >= 4 is 34.3 Å². The zero-order valence-corrected chi connectivity index (χ0v) is 17.7. The number of nitrogens with one attached hydrogen (secondary N) is 1. The lowest BCUT2D eigenvalue weighted by atomic mass is 10.1. The first-order valence-corrected chi connectivity index (χ1v) is 10.5. The van der Waals surface area contributed by atoms with Gasteiger partial charge in [-0.05, 0) is 48.4 Å². The van der Waals surface area contributed by atoms with Crippen LogP contribution in [0.15, 0.2) is 94.8 Å². The van der Waals surface area contributed by atoms with Crippen molar-refractivity contribution in [3.63, 3.8) is 0 Å². The molecular weight excluding hydrogens is 408 g/mol. The Morgan fingerprint density at radius 1 is 1.03 bits per heavy atom. The maximum absolute atomic E-state index is 12.5. The quantitative estimate of drug-likeness (QED) is 0.555. The molecule has 3 aromatic rings. The van der Waals surface area contributed by atoms with Crippen molar-refractivity contribution in [2.75, 3.05) is 12.4 Å². The fourth-order valence-electron chi connectivity index (χ4n) is 3.08. The third kappa shape index (κ3) is 5.10. The summed E-state index contributed by atoms with van der Waals surface area (Å²) in [4.78, 5) is 29.5. The van der Waals surface area contributed by atoms with Gasteiger partial charge in [0.15, 0.2) is 0 Å². The third-order valence-electron chi connectivity index (χ3n) is 4.70. The third-order valence-corrected chi connectivity index (χ3v) is 5.78. The van der Waals surface area contributed by atoms with E-state index < -0.39 is 0 Å². The molecule has 1 N–H and O–H groups in total. The van der Waals surface area contributed by atoms with Crippen LogP contribution >= 0.6 is 11.8 Å². The van der Waals surface area contributed by atoms with Crippen LogP contribution in [0.25, 0.3) is 0 Å². The van der Waals surface area contributed by atoms with Gasteiger partial charge in [0.05, 0.1) is 12.0 Å². The molecule has 0 atom stereocenters. The molecular formula is C25H20N2O3S. The van der Waals surface area contributed by atoms with Crippen LogP contribution in [0.2, 0.25) is 0 Å². The minimum atomic E-state index is -0.215. The molecule has 0 unspecified atom stereocenters. The Kier molecular flexibility index (Phi) is 6.29. The summed E-state index contributed by atoms with van der Waals surface area (Å²) in [6.07, 6.45) is 2.45. The second-order valence-corrected chi connectivity index (χ2v) is 7.88. The number of thioether (sulfide) groups is 1. The van der Waals surface area contributed by atoms with Crippen LogP contribution in [-0.4, -0.2) is 24.0 Å². The van der Waals surface area contributed by atoms with E-state index in [2.05, 4.69) is 10.3 Å². The smallest absolute Gasteiger partial charge is 0.284 e. The van der Waals surface area contributed by atoms with Gasteiger partial charge in [0.2, 0.25) is 0 Å². The fourth-order valence-corrected chi connectivity index (χ4v) is 3.97. The molecule has 4 rings (SSSR count). The van der Waals surface area contributed by atoms with Crippen LogP contribution < -0.4 is 10.1 Å². The minimum absolute atomic E-state index is 0.194. The molecule has 3 aromatic carbocycles. The highest BCUT2D eigenvalue weighted by molar-refractivity contribution is 8.19. The lowest BCUT2D eigenvalue weighted by Crippen LogP contribution is -2.11. The van der Waals surface area contributed by atoms with Crippen molar-refractivity contribution in [3.8, 4) is 5.75 Å². The van der Waals surface area contributed by atoms with Crippen molar-refractivity contribution in [1.82, 2.24) is 0 Å². The van der Waals surface area contributed by atoms with Gasteiger partial charge in [-0.25, -0.2) is 4.99 Å². The molecule has 31 heavy (non-hydrogen) atoms. The Labute approximate surface area is 184 Å². The Bertz CT molecular complexity index is 1170. The van der Waals surface area contributed by atoms with Gasteiger partial charge >= 0.3 is 0 Å². The maximum atomic E-state index is 12.5. The van der Waals surface area contributed by atoms with Crippen LogP contribution in [0.3, 0.4) is 0 Å². The Morgan fingerprint density at radius 2 is 1.81 bits per heavy atom. The first kappa shape index (κ1) is 20.6. The van der Waals surface area contributed by atoms with Gasteiger partial charge < -0.3 is 10.1 Å².